The molecule has 6 nitrogen and oxygen atoms in total. The van der Waals surface area contributed by atoms with Gasteiger partial charge in [-0.2, -0.15) is 5.10 Å². The molecule has 20 heavy (non-hydrogen) atoms. The van der Waals surface area contributed by atoms with Gasteiger partial charge in [-0.25, -0.2) is 9.97 Å². The number of thiazole rings is 1. The van der Waals surface area contributed by atoms with Crippen LogP contribution in [-0.2, 0) is 13.0 Å². The third kappa shape index (κ3) is 2.73. The van der Waals surface area contributed by atoms with E-state index in [0.29, 0.717) is 0 Å². The molecule has 0 atom stereocenters. The fourth-order valence-corrected chi connectivity index (χ4v) is 3.15. The van der Waals surface area contributed by atoms with E-state index in [-0.39, 0.29) is 0 Å². The summed E-state index contributed by atoms with van der Waals surface area (Å²) in [6.45, 7) is 5.99. The molecule has 0 unspecified atom stereocenters. The highest BCUT2D eigenvalue weighted by Crippen LogP contribution is 2.20. The maximum atomic E-state index is 4.59. The second-order valence-electron chi connectivity index (χ2n) is 4.85. The van der Waals surface area contributed by atoms with Gasteiger partial charge >= 0.3 is 0 Å². The van der Waals surface area contributed by atoms with E-state index in [4.69, 9.17) is 0 Å². The fourth-order valence-electron chi connectivity index (χ4n) is 2.26. The molecule has 3 heterocycles. The maximum absolute atomic E-state index is 4.59. The molecule has 0 amide bonds. The van der Waals surface area contributed by atoms with E-state index in [0.717, 1.165) is 42.4 Å². The van der Waals surface area contributed by atoms with Gasteiger partial charge in [-0.3, -0.25) is 9.50 Å². The highest BCUT2D eigenvalue weighted by molar-refractivity contribution is 7.17. The number of imidazole rings is 1. The Morgan fingerprint density at radius 2 is 2.30 bits per heavy atom. The van der Waals surface area contributed by atoms with E-state index in [9.17, 15) is 0 Å². The Labute approximate surface area is 121 Å². The van der Waals surface area contributed by atoms with Crippen molar-refractivity contribution < 1.29 is 0 Å². The van der Waals surface area contributed by atoms with Crippen LogP contribution >= 0.6 is 11.3 Å². The molecule has 3 rings (SSSR count). The van der Waals surface area contributed by atoms with Gasteiger partial charge in [0.1, 0.15) is 12.2 Å². The maximum Gasteiger partial charge on any atom is 0.194 e. The smallest absolute Gasteiger partial charge is 0.194 e. The minimum absolute atomic E-state index is 0.847. The molecule has 0 aliphatic carbocycles. The third-order valence-corrected chi connectivity index (χ3v) is 4.16. The molecule has 2 N–H and O–H groups in total. The van der Waals surface area contributed by atoms with Gasteiger partial charge < -0.3 is 5.32 Å². The van der Waals surface area contributed by atoms with Crippen molar-refractivity contribution in [1.29, 1.82) is 0 Å². The average molecular weight is 290 g/mol. The molecule has 0 bridgehead atoms. The third-order valence-electron chi connectivity index (χ3n) is 3.27. The van der Waals surface area contributed by atoms with Crippen LogP contribution in [-0.4, -0.2) is 31.1 Å². The van der Waals surface area contributed by atoms with Gasteiger partial charge in [0.25, 0.3) is 0 Å². The Kier molecular flexibility index (Phi) is 3.79. The summed E-state index contributed by atoms with van der Waals surface area (Å²) in [5.41, 5.74) is 2.36. The first kappa shape index (κ1) is 13.3. The van der Waals surface area contributed by atoms with Crippen molar-refractivity contribution in [2.75, 3.05) is 6.54 Å². The zero-order chi connectivity index (χ0) is 13.9. The predicted molar refractivity (Wildman–Crippen MR) is 79.0 cm³/mol. The van der Waals surface area contributed by atoms with Gasteiger partial charge in [0, 0.05) is 24.0 Å². The number of hydrogen-bond donors (Lipinski definition) is 2. The van der Waals surface area contributed by atoms with E-state index in [1.54, 1.807) is 17.7 Å². The largest absolute Gasteiger partial charge is 0.311 e. The van der Waals surface area contributed by atoms with Gasteiger partial charge in [-0.15, -0.1) is 11.3 Å². The van der Waals surface area contributed by atoms with Gasteiger partial charge in [-0.1, -0.05) is 0 Å². The molecule has 0 radical (unpaired) electrons. The molecular weight excluding hydrogens is 272 g/mol. The summed E-state index contributed by atoms with van der Waals surface area (Å²) in [5.74, 6) is 0.947. The summed E-state index contributed by atoms with van der Waals surface area (Å²) in [6, 6.07) is 0. The number of aryl methyl sites for hydroxylation is 3. The van der Waals surface area contributed by atoms with Crippen molar-refractivity contribution in [3.8, 4) is 0 Å². The van der Waals surface area contributed by atoms with Crippen molar-refractivity contribution in [3.63, 3.8) is 0 Å². The minimum Gasteiger partial charge on any atom is -0.311 e. The van der Waals surface area contributed by atoms with Crippen LogP contribution in [0.2, 0.25) is 0 Å². The second-order valence-corrected chi connectivity index (χ2v) is 6.06. The monoisotopic (exact) mass is 290 g/mol. The molecule has 0 aliphatic rings. The summed E-state index contributed by atoms with van der Waals surface area (Å²) >= 11 is 1.73. The van der Waals surface area contributed by atoms with Crippen LogP contribution in [0.15, 0.2) is 12.5 Å². The Hall–Kier alpha value is -1.73. The van der Waals surface area contributed by atoms with Crippen LogP contribution in [0.25, 0.3) is 4.96 Å². The number of rotatable bonds is 6. The Bertz CT molecular complexity index is 681. The highest BCUT2D eigenvalue weighted by atomic mass is 32.1. The SMILES string of the molecule is Cc1cn2c(CNCCCc3ncn[nH]3)c(C)nc2s1. The van der Waals surface area contributed by atoms with Crippen molar-refractivity contribution >= 4 is 16.3 Å². The lowest BCUT2D eigenvalue weighted by Crippen LogP contribution is -2.17. The van der Waals surface area contributed by atoms with Gasteiger partial charge in [0.15, 0.2) is 4.96 Å². The van der Waals surface area contributed by atoms with Gasteiger partial charge in [-0.05, 0) is 26.8 Å². The van der Waals surface area contributed by atoms with Crippen LogP contribution in [0.3, 0.4) is 0 Å². The lowest BCUT2D eigenvalue weighted by molar-refractivity contribution is 0.628. The first-order chi connectivity index (χ1) is 9.74. The average Bonchev–Trinajstić information content (AvgIpc) is 3.08. The molecule has 106 valence electrons. The summed E-state index contributed by atoms with van der Waals surface area (Å²) < 4.78 is 2.19. The molecule has 0 aromatic carbocycles. The number of fused-ring (bicyclic) bond motifs is 1. The molecule has 3 aromatic heterocycles. The lowest BCUT2D eigenvalue weighted by Gasteiger charge is -2.04. The summed E-state index contributed by atoms with van der Waals surface area (Å²) in [4.78, 5) is 11.1. The molecule has 0 saturated heterocycles. The molecular formula is C13H18N6S. The van der Waals surface area contributed by atoms with E-state index in [1.165, 1.54) is 10.6 Å². The number of aromatic nitrogens is 5. The number of nitrogens with one attached hydrogen (secondary N) is 2. The normalized spacial score (nSPS) is 11.5. The molecule has 0 spiro atoms. The second kappa shape index (κ2) is 5.72. The highest BCUT2D eigenvalue weighted by Gasteiger charge is 2.10. The van der Waals surface area contributed by atoms with E-state index >= 15 is 0 Å². The van der Waals surface area contributed by atoms with Gasteiger partial charge in [0.2, 0.25) is 0 Å². The fraction of sp³-hybridized carbons (Fsp3) is 0.462. The Morgan fingerprint density at radius 1 is 1.40 bits per heavy atom. The zero-order valence-corrected chi connectivity index (χ0v) is 12.5. The Balaban J connectivity index is 1.53. The number of hydrogen-bond acceptors (Lipinski definition) is 5. The molecule has 0 fully saturated rings. The van der Waals surface area contributed by atoms with Crippen LogP contribution in [0.4, 0.5) is 0 Å². The summed E-state index contributed by atoms with van der Waals surface area (Å²) in [7, 11) is 0. The van der Waals surface area contributed by atoms with Crippen molar-refractivity contribution in [2.24, 2.45) is 0 Å². The predicted octanol–water partition coefficient (Wildman–Crippen LogP) is 1.85. The number of nitrogens with zero attached hydrogens (tertiary/aromatic N) is 4. The van der Waals surface area contributed by atoms with E-state index in [2.05, 4.69) is 49.9 Å². The molecule has 0 aliphatic heterocycles. The lowest BCUT2D eigenvalue weighted by atomic mass is 10.3. The van der Waals surface area contributed by atoms with Crippen molar-refractivity contribution in [2.45, 2.75) is 33.2 Å². The van der Waals surface area contributed by atoms with Crippen molar-refractivity contribution in [1.82, 2.24) is 29.9 Å². The molecule has 3 aromatic rings. The number of aromatic amines is 1. The molecule has 7 heteroatoms. The van der Waals surface area contributed by atoms with E-state index < -0.39 is 0 Å². The first-order valence-corrected chi connectivity index (χ1v) is 7.54. The van der Waals surface area contributed by atoms with Crippen LogP contribution in [0.1, 0.15) is 28.5 Å². The standard InChI is InChI=1S/C13H18N6S/c1-9-7-19-11(10(2)17-13(19)20-9)6-14-5-3-4-12-15-8-16-18-12/h7-8,14H,3-6H2,1-2H3,(H,15,16,18). The Morgan fingerprint density at radius 3 is 3.10 bits per heavy atom. The van der Waals surface area contributed by atoms with Crippen LogP contribution < -0.4 is 5.32 Å². The molecule has 0 saturated carbocycles. The quantitative estimate of drug-likeness (QED) is 0.680. The zero-order valence-electron chi connectivity index (χ0n) is 11.7. The van der Waals surface area contributed by atoms with Gasteiger partial charge in [0.05, 0.1) is 11.4 Å². The van der Waals surface area contributed by atoms with Crippen LogP contribution in [0.5, 0.6) is 0 Å². The summed E-state index contributed by atoms with van der Waals surface area (Å²) in [6.07, 6.45) is 5.67. The van der Waals surface area contributed by atoms with Crippen molar-refractivity contribution in [3.05, 3.63) is 34.6 Å². The number of H-pyrrole nitrogens is 1. The minimum atomic E-state index is 0.847. The van der Waals surface area contributed by atoms with Crippen LogP contribution in [0, 0.1) is 13.8 Å². The first-order valence-electron chi connectivity index (χ1n) is 6.73. The summed E-state index contributed by atoms with van der Waals surface area (Å²) in [5, 5.41) is 10.2. The topological polar surface area (TPSA) is 70.9 Å². The van der Waals surface area contributed by atoms with E-state index in [1.807, 2.05) is 0 Å².